The summed E-state index contributed by atoms with van der Waals surface area (Å²) in [7, 11) is 0. The molecule has 1 atom stereocenters. The molecule has 6 heteroatoms. The summed E-state index contributed by atoms with van der Waals surface area (Å²) in [5.74, 6) is -1.81. The van der Waals surface area contributed by atoms with Gasteiger partial charge in [-0.2, -0.15) is 0 Å². The molecule has 0 fully saturated rings. The van der Waals surface area contributed by atoms with Gasteiger partial charge in [0.05, 0.1) is 0 Å². The van der Waals surface area contributed by atoms with Gasteiger partial charge in [0.1, 0.15) is 11.9 Å². The second-order valence-electron chi connectivity index (χ2n) is 6.19. The molecular weight excluding hydrogens is 334 g/mol. The van der Waals surface area contributed by atoms with Gasteiger partial charge in [0.15, 0.2) is 6.04 Å². The Morgan fingerprint density at radius 3 is 2.15 bits per heavy atom. The summed E-state index contributed by atoms with van der Waals surface area (Å²) in [5.41, 5.74) is 4.31. The highest BCUT2D eigenvalue weighted by Crippen LogP contribution is 2.44. The summed E-state index contributed by atoms with van der Waals surface area (Å²) in [5, 5.41) is 21.0. The molecule has 1 aliphatic carbocycles. The lowest BCUT2D eigenvalue weighted by Gasteiger charge is -2.21. The Morgan fingerprint density at radius 2 is 1.65 bits per heavy atom. The van der Waals surface area contributed by atoms with Gasteiger partial charge in [0.25, 0.3) is 0 Å². The zero-order chi connectivity index (χ0) is 18.7. The van der Waals surface area contributed by atoms with E-state index in [1.165, 1.54) is 6.92 Å². The van der Waals surface area contributed by atoms with Gasteiger partial charge >= 0.3 is 5.97 Å². The van der Waals surface area contributed by atoms with Crippen molar-refractivity contribution in [2.24, 2.45) is 4.99 Å². The Hall–Kier alpha value is -3.15. The number of fused-ring (bicyclic) bond motifs is 3. The Balaban J connectivity index is 1.78. The number of carbonyl (C=O) groups excluding carboxylic acids is 1. The average Bonchev–Trinajstić information content (AvgIpc) is 2.93. The minimum atomic E-state index is -1.41. The Labute approximate surface area is 150 Å². The zero-order valence-electron chi connectivity index (χ0n) is 14.2. The molecule has 0 spiro atoms. The molecule has 0 aromatic heterocycles. The number of ether oxygens (including phenoxy) is 1. The van der Waals surface area contributed by atoms with E-state index in [1.807, 2.05) is 48.5 Å². The van der Waals surface area contributed by atoms with Gasteiger partial charge in [-0.05, 0) is 29.2 Å². The van der Waals surface area contributed by atoms with Gasteiger partial charge in [-0.25, -0.2) is 4.79 Å². The molecule has 1 N–H and O–H groups in total. The first-order chi connectivity index (χ1) is 12.5. The minimum Gasteiger partial charge on any atom is -0.599 e. The quantitative estimate of drug-likeness (QED) is 0.633. The van der Waals surface area contributed by atoms with Crippen LogP contribution in [0.2, 0.25) is 0 Å². The third-order valence-electron chi connectivity index (χ3n) is 4.36. The fourth-order valence-corrected chi connectivity index (χ4v) is 3.22. The highest BCUT2D eigenvalue weighted by molar-refractivity contribution is 5.85. The van der Waals surface area contributed by atoms with Gasteiger partial charge < -0.3 is 14.9 Å². The average molecular weight is 352 g/mol. The van der Waals surface area contributed by atoms with Crippen LogP contribution in [-0.4, -0.2) is 35.6 Å². The number of hydrogen-bond donors (Lipinski definition) is 1. The number of rotatable bonds is 6. The lowest BCUT2D eigenvalue weighted by atomic mass is 9.98. The molecule has 6 nitrogen and oxygen atoms in total. The number of nitrogens with zero attached hydrogens (tertiary/aromatic N) is 1. The molecular formula is C20H18NO5-. The zero-order valence-corrected chi connectivity index (χ0v) is 14.2. The van der Waals surface area contributed by atoms with E-state index in [0.717, 1.165) is 22.3 Å². The van der Waals surface area contributed by atoms with Crippen LogP contribution in [0.25, 0.3) is 11.1 Å². The fraction of sp³-hybridized carbons (Fsp3) is 0.250. The number of benzene rings is 2. The molecule has 0 radical (unpaired) electrons. The summed E-state index contributed by atoms with van der Waals surface area (Å²) in [4.78, 5) is 25.7. The molecule has 0 aliphatic heterocycles. The van der Waals surface area contributed by atoms with Crippen molar-refractivity contribution in [3.8, 4) is 11.1 Å². The lowest BCUT2D eigenvalue weighted by Crippen LogP contribution is -2.30. The number of hydrogen-bond acceptors (Lipinski definition) is 5. The van der Waals surface area contributed by atoms with Crippen molar-refractivity contribution in [1.82, 2.24) is 0 Å². The molecule has 26 heavy (non-hydrogen) atoms. The van der Waals surface area contributed by atoms with Crippen LogP contribution in [0.5, 0.6) is 0 Å². The molecule has 0 amide bonds. The van der Waals surface area contributed by atoms with Gasteiger partial charge in [-0.15, -0.1) is 0 Å². The van der Waals surface area contributed by atoms with Crippen LogP contribution in [0.1, 0.15) is 30.4 Å². The number of carbonyl (C=O) groups is 2. The van der Waals surface area contributed by atoms with Crippen molar-refractivity contribution >= 4 is 17.8 Å². The topological polar surface area (TPSA) is 99.0 Å². The molecule has 2 aromatic rings. The second-order valence-corrected chi connectivity index (χ2v) is 6.19. The molecule has 1 unspecified atom stereocenters. The van der Waals surface area contributed by atoms with E-state index in [9.17, 15) is 14.7 Å². The molecule has 0 saturated carbocycles. The van der Waals surface area contributed by atoms with Crippen molar-refractivity contribution < 1.29 is 24.5 Å². The number of ketones is 1. The van der Waals surface area contributed by atoms with E-state index >= 15 is 0 Å². The molecule has 0 bridgehead atoms. The van der Waals surface area contributed by atoms with Crippen LogP contribution in [0.15, 0.2) is 53.5 Å². The summed E-state index contributed by atoms with van der Waals surface area (Å²) in [6.07, 6.45) is -1.31. The van der Waals surface area contributed by atoms with Crippen LogP contribution in [0.4, 0.5) is 0 Å². The molecule has 1 aliphatic rings. The van der Waals surface area contributed by atoms with E-state index in [2.05, 4.69) is 4.99 Å². The SMILES string of the molecule is CC(=O)CC(N=C([O-])OCC1c2ccccc2-c2ccccc21)C(=O)O. The maximum absolute atomic E-state index is 12.0. The van der Waals surface area contributed by atoms with Crippen molar-refractivity contribution in [3.63, 3.8) is 0 Å². The highest BCUT2D eigenvalue weighted by Gasteiger charge is 2.27. The normalized spacial score (nSPS) is 14.4. The largest absolute Gasteiger partial charge is 0.599 e. The summed E-state index contributed by atoms with van der Waals surface area (Å²) < 4.78 is 5.22. The highest BCUT2D eigenvalue weighted by atomic mass is 16.6. The number of aliphatic imine (C=N–C) groups is 1. The minimum absolute atomic E-state index is 0.0583. The lowest BCUT2D eigenvalue weighted by molar-refractivity contribution is -0.251. The molecule has 0 saturated heterocycles. The van der Waals surface area contributed by atoms with Crippen molar-refractivity contribution in [3.05, 3.63) is 59.7 Å². The predicted octanol–water partition coefficient (Wildman–Crippen LogP) is 1.96. The van der Waals surface area contributed by atoms with Crippen LogP contribution < -0.4 is 5.11 Å². The maximum atomic E-state index is 12.0. The van der Waals surface area contributed by atoms with Gasteiger partial charge in [0, 0.05) is 18.9 Å². The second kappa shape index (κ2) is 7.39. The fourth-order valence-electron chi connectivity index (χ4n) is 3.22. The van der Waals surface area contributed by atoms with Crippen LogP contribution in [0.3, 0.4) is 0 Å². The van der Waals surface area contributed by atoms with E-state index in [-0.39, 0.29) is 24.7 Å². The van der Waals surface area contributed by atoms with Crippen LogP contribution >= 0.6 is 0 Å². The first-order valence-corrected chi connectivity index (χ1v) is 8.25. The number of carboxylic acid groups (broad SMARTS) is 1. The molecule has 2 aromatic carbocycles. The predicted molar refractivity (Wildman–Crippen MR) is 93.8 cm³/mol. The van der Waals surface area contributed by atoms with Crippen molar-refractivity contribution in [2.75, 3.05) is 6.61 Å². The Bertz CT molecular complexity index is 829. The number of carboxylic acids is 1. The van der Waals surface area contributed by atoms with E-state index in [4.69, 9.17) is 9.84 Å². The van der Waals surface area contributed by atoms with Crippen molar-refractivity contribution in [2.45, 2.75) is 25.3 Å². The maximum Gasteiger partial charge on any atom is 0.328 e. The van der Waals surface area contributed by atoms with E-state index in [0.29, 0.717) is 0 Å². The first-order valence-electron chi connectivity index (χ1n) is 8.25. The summed E-state index contributed by atoms with van der Waals surface area (Å²) >= 11 is 0. The molecule has 3 rings (SSSR count). The summed E-state index contributed by atoms with van der Waals surface area (Å²) in [6.45, 7) is 1.31. The van der Waals surface area contributed by atoms with Gasteiger partial charge in [0.2, 0.25) is 0 Å². The molecule has 134 valence electrons. The first kappa shape index (κ1) is 17.7. The Kier molecular flexibility index (Phi) is 5.02. The third-order valence-corrected chi connectivity index (χ3v) is 4.36. The Morgan fingerprint density at radius 1 is 1.12 bits per heavy atom. The monoisotopic (exact) mass is 352 g/mol. The van der Waals surface area contributed by atoms with Gasteiger partial charge in [-0.1, -0.05) is 48.5 Å². The molecule has 0 heterocycles. The summed E-state index contributed by atoms with van der Waals surface area (Å²) in [6, 6.07) is 14.4. The van der Waals surface area contributed by atoms with E-state index in [1.54, 1.807) is 0 Å². The number of Topliss-reactive ketones (excluding diaryl/α,β-unsaturated/α-hetero) is 1. The van der Waals surface area contributed by atoms with Crippen LogP contribution in [-0.2, 0) is 14.3 Å². The van der Waals surface area contributed by atoms with E-state index < -0.39 is 18.1 Å². The van der Waals surface area contributed by atoms with Crippen molar-refractivity contribution in [1.29, 1.82) is 0 Å². The third kappa shape index (κ3) is 3.59. The van der Waals surface area contributed by atoms with Gasteiger partial charge in [-0.3, -0.25) is 9.79 Å². The number of aliphatic carboxylic acids is 1. The standard InChI is InChI=1S/C20H19NO5/c1-12(22)10-18(19(23)24)21-20(25)26-11-17-15-8-4-2-6-13(15)14-7-3-5-9-16(14)17/h2-9,17-18H,10-11H2,1H3,(H,21,25)(H,23,24)/p-1. The van der Waals surface area contributed by atoms with Crippen LogP contribution in [0, 0.1) is 0 Å². The smallest absolute Gasteiger partial charge is 0.328 e.